The second-order valence-corrected chi connectivity index (χ2v) is 3.75. The van der Waals surface area contributed by atoms with Crippen LogP contribution >= 0.6 is 11.3 Å². The summed E-state index contributed by atoms with van der Waals surface area (Å²) in [5.41, 5.74) is 0. The first-order chi connectivity index (χ1) is 6.38. The molecule has 0 spiro atoms. The molecule has 1 unspecified atom stereocenters. The minimum Gasteiger partial charge on any atom is -0.463 e. The van der Waals surface area contributed by atoms with E-state index in [9.17, 15) is 0 Å². The van der Waals surface area contributed by atoms with E-state index in [1.165, 1.54) is 11.3 Å². The van der Waals surface area contributed by atoms with Crippen molar-refractivity contribution in [2.75, 3.05) is 13.2 Å². The zero-order valence-corrected chi connectivity index (χ0v) is 7.79. The Morgan fingerprint density at radius 3 is 3.15 bits per heavy atom. The number of aliphatic hydroxyl groups excluding tert-OH is 1. The molecule has 1 aliphatic heterocycles. The van der Waals surface area contributed by atoms with E-state index < -0.39 is 0 Å². The highest BCUT2D eigenvalue weighted by molar-refractivity contribution is 7.13. The first-order valence-corrected chi connectivity index (χ1v) is 4.88. The molecule has 2 heterocycles. The summed E-state index contributed by atoms with van der Waals surface area (Å²) in [5, 5.41) is 17.3. The summed E-state index contributed by atoms with van der Waals surface area (Å²) >= 11 is 1.27. The van der Waals surface area contributed by atoms with Crippen molar-refractivity contribution in [3.05, 3.63) is 5.01 Å². The van der Waals surface area contributed by atoms with E-state index in [1.54, 1.807) is 0 Å². The van der Waals surface area contributed by atoms with E-state index in [0.717, 1.165) is 13.0 Å². The van der Waals surface area contributed by atoms with Crippen molar-refractivity contribution in [1.82, 2.24) is 10.2 Å². The largest absolute Gasteiger partial charge is 0.463 e. The minimum atomic E-state index is -0.0812. The van der Waals surface area contributed by atoms with E-state index in [2.05, 4.69) is 10.2 Å². The highest BCUT2D eigenvalue weighted by atomic mass is 32.1. The van der Waals surface area contributed by atoms with Crippen molar-refractivity contribution in [1.29, 1.82) is 0 Å². The van der Waals surface area contributed by atoms with Crippen LogP contribution in [0.25, 0.3) is 0 Å². The maximum Gasteiger partial charge on any atom is 0.294 e. The van der Waals surface area contributed by atoms with Crippen LogP contribution in [0.1, 0.15) is 11.4 Å². The topological polar surface area (TPSA) is 64.5 Å². The Bertz CT molecular complexity index is 272. The van der Waals surface area contributed by atoms with Crippen molar-refractivity contribution >= 4 is 11.3 Å². The van der Waals surface area contributed by atoms with Crippen LogP contribution in [0, 0.1) is 0 Å². The van der Waals surface area contributed by atoms with E-state index in [-0.39, 0.29) is 12.7 Å². The molecule has 0 amide bonds. The Morgan fingerprint density at radius 2 is 2.54 bits per heavy atom. The van der Waals surface area contributed by atoms with Gasteiger partial charge in [-0.05, 0) is 0 Å². The normalized spacial score (nSPS) is 22.1. The second-order valence-electron chi connectivity index (χ2n) is 2.72. The Labute approximate surface area is 79.3 Å². The Balaban J connectivity index is 1.92. The molecule has 1 aromatic heterocycles. The maximum absolute atomic E-state index is 8.74. The third kappa shape index (κ3) is 2.15. The first-order valence-electron chi connectivity index (χ1n) is 4.06. The predicted octanol–water partition coefficient (Wildman–Crippen LogP) is 0.198. The zero-order chi connectivity index (χ0) is 9.10. The van der Waals surface area contributed by atoms with Gasteiger partial charge in [-0.25, -0.2) is 0 Å². The summed E-state index contributed by atoms with van der Waals surface area (Å²) in [6, 6.07) is 0. The molecule has 1 N–H and O–H groups in total. The van der Waals surface area contributed by atoms with Gasteiger partial charge in [0.25, 0.3) is 5.19 Å². The summed E-state index contributed by atoms with van der Waals surface area (Å²) in [4.78, 5) is 0. The predicted molar refractivity (Wildman–Crippen MR) is 45.7 cm³/mol. The molecule has 5 nitrogen and oxygen atoms in total. The van der Waals surface area contributed by atoms with Gasteiger partial charge in [-0.2, -0.15) is 0 Å². The first kappa shape index (κ1) is 8.86. The summed E-state index contributed by atoms with van der Waals surface area (Å²) in [7, 11) is 0. The number of aromatic nitrogens is 2. The van der Waals surface area contributed by atoms with Gasteiger partial charge in [-0.3, -0.25) is 0 Å². The highest BCUT2D eigenvalue weighted by Crippen LogP contribution is 2.21. The number of aliphatic hydroxyl groups is 1. The van der Waals surface area contributed by atoms with Gasteiger partial charge in [-0.1, -0.05) is 16.4 Å². The molecule has 1 aromatic rings. The van der Waals surface area contributed by atoms with Gasteiger partial charge in [0.2, 0.25) is 0 Å². The fraction of sp³-hybridized carbons (Fsp3) is 0.714. The lowest BCUT2D eigenvalue weighted by Crippen LogP contribution is -2.15. The highest BCUT2D eigenvalue weighted by Gasteiger charge is 2.18. The summed E-state index contributed by atoms with van der Waals surface area (Å²) in [6.07, 6.45) is 0.994. The fourth-order valence-electron chi connectivity index (χ4n) is 1.10. The Kier molecular flexibility index (Phi) is 2.72. The smallest absolute Gasteiger partial charge is 0.294 e. The molecule has 6 heteroatoms. The molecule has 1 atom stereocenters. The summed E-state index contributed by atoms with van der Waals surface area (Å²) in [6.45, 7) is 1.28. The van der Waals surface area contributed by atoms with Gasteiger partial charge in [-0.15, -0.1) is 5.10 Å². The molecule has 72 valence electrons. The van der Waals surface area contributed by atoms with Crippen LogP contribution in [-0.4, -0.2) is 34.6 Å². The average molecular weight is 202 g/mol. The van der Waals surface area contributed by atoms with E-state index in [4.69, 9.17) is 14.6 Å². The Morgan fingerprint density at radius 1 is 1.62 bits per heavy atom. The van der Waals surface area contributed by atoms with Gasteiger partial charge in [0.1, 0.15) is 11.1 Å². The molecule has 2 rings (SSSR count). The maximum atomic E-state index is 8.74. The third-order valence-corrected chi connectivity index (χ3v) is 2.54. The molecule has 1 fully saturated rings. The lowest BCUT2D eigenvalue weighted by atomic mass is 10.3. The molecular weight excluding hydrogens is 192 g/mol. The van der Waals surface area contributed by atoms with Gasteiger partial charge in [0, 0.05) is 6.42 Å². The minimum absolute atomic E-state index is 0.0812. The Hall–Kier alpha value is -0.720. The molecule has 0 radical (unpaired) electrons. The second kappa shape index (κ2) is 3.99. The van der Waals surface area contributed by atoms with E-state index in [0.29, 0.717) is 16.8 Å². The zero-order valence-electron chi connectivity index (χ0n) is 6.97. The monoisotopic (exact) mass is 202 g/mol. The van der Waals surface area contributed by atoms with Crippen LogP contribution in [0.3, 0.4) is 0 Å². The SMILES string of the molecule is OCc1nnc(OC2CCOC2)s1. The quantitative estimate of drug-likeness (QED) is 0.758. The van der Waals surface area contributed by atoms with Crippen LogP contribution in [0.5, 0.6) is 5.19 Å². The number of hydrogen-bond donors (Lipinski definition) is 1. The molecular formula is C7H10N2O3S. The molecule has 0 bridgehead atoms. The number of hydrogen-bond acceptors (Lipinski definition) is 6. The van der Waals surface area contributed by atoms with Gasteiger partial charge < -0.3 is 14.6 Å². The van der Waals surface area contributed by atoms with Crippen LogP contribution in [0.2, 0.25) is 0 Å². The number of ether oxygens (including phenoxy) is 2. The molecule has 0 saturated carbocycles. The third-order valence-electron chi connectivity index (χ3n) is 1.74. The van der Waals surface area contributed by atoms with Crippen molar-refractivity contribution in [3.63, 3.8) is 0 Å². The van der Waals surface area contributed by atoms with Gasteiger partial charge in [0.15, 0.2) is 0 Å². The van der Waals surface area contributed by atoms with Crippen molar-refractivity contribution < 1.29 is 14.6 Å². The van der Waals surface area contributed by atoms with Crippen molar-refractivity contribution in [2.45, 2.75) is 19.1 Å². The lowest BCUT2D eigenvalue weighted by molar-refractivity contribution is 0.140. The number of rotatable bonds is 3. The molecule has 1 saturated heterocycles. The summed E-state index contributed by atoms with van der Waals surface area (Å²) < 4.78 is 10.6. The number of nitrogens with zero attached hydrogens (tertiary/aromatic N) is 2. The average Bonchev–Trinajstić information content (AvgIpc) is 2.76. The van der Waals surface area contributed by atoms with Crippen LogP contribution < -0.4 is 4.74 Å². The molecule has 0 aromatic carbocycles. The lowest BCUT2D eigenvalue weighted by Gasteiger charge is -2.06. The van der Waals surface area contributed by atoms with Crippen LogP contribution in [0.15, 0.2) is 0 Å². The van der Waals surface area contributed by atoms with Gasteiger partial charge in [0.05, 0.1) is 19.8 Å². The van der Waals surface area contributed by atoms with Crippen molar-refractivity contribution in [2.24, 2.45) is 0 Å². The molecule has 13 heavy (non-hydrogen) atoms. The summed E-state index contributed by atoms with van der Waals surface area (Å²) in [5.74, 6) is 0. The molecule has 1 aliphatic rings. The fourth-order valence-corrected chi connectivity index (χ4v) is 1.71. The van der Waals surface area contributed by atoms with Gasteiger partial charge >= 0.3 is 0 Å². The van der Waals surface area contributed by atoms with E-state index >= 15 is 0 Å². The van der Waals surface area contributed by atoms with Crippen molar-refractivity contribution in [3.8, 4) is 5.19 Å². The van der Waals surface area contributed by atoms with E-state index in [1.807, 2.05) is 0 Å². The van der Waals surface area contributed by atoms with Crippen LogP contribution in [-0.2, 0) is 11.3 Å². The molecule has 0 aliphatic carbocycles. The standard InChI is InChI=1S/C7H10N2O3S/c10-3-6-8-9-7(13-6)12-5-1-2-11-4-5/h5,10H,1-4H2. The van der Waals surface area contributed by atoms with Crippen LogP contribution in [0.4, 0.5) is 0 Å².